The number of carbonyl (C=O) groups excluding carboxylic acids is 1. The lowest BCUT2D eigenvalue weighted by atomic mass is 10.0. The zero-order chi connectivity index (χ0) is 16.9. The number of amides is 1. The lowest BCUT2D eigenvalue weighted by Gasteiger charge is -2.19. The number of carboxylic acids is 1. The quantitative estimate of drug-likeness (QED) is 0.707. The number of aliphatic hydroxyl groups is 1. The summed E-state index contributed by atoms with van der Waals surface area (Å²) in [7, 11) is 0. The van der Waals surface area contributed by atoms with E-state index in [4.69, 9.17) is 23.2 Å². The van der Waals surface area contributed by atoms with Crippen molar-refractivity contribution in [3.8, 4) is 0 Å². The lowest BCUT2D eigenvalue weighted by molar-refractivity contribution is -0.143. The van der Waals surface area contributed by atoms with Crippen LogP contribution in [0, 0.1) is 5.92 Å². The third kappa shape index (κ3) is 5.48. The molecule has 1 rings (SSSR count). The first-order chi connectivity index (χ1) is 10.2. The molecule has 1 aromatic rings. The normalized spacial score (nSPS) is 13.7. The Labute approximate surface area is 139 Å². The fourth-order valence-corrected chi connectivity index (χ4v) is 2.50. The maximum Gasteiger partial charge on any atom is 0.326 e. The molecular formula is C15H19Cl2NO4. The Balaban J connectivity index is 2.83. The summed E-state index contributed by atoms with van der Waals surface area (Å²) >= 11 is 12.0. The maximum atomic E-state index is 11.9. The van der Waals surface area contributed by atoms with Gasteiger partial charge in [-0.05, 0) is 30.0 Å². The fraction of sp³-hybridized carbons (Fsp3) is 0.467. The van der Waals surface area contributed by atoms with Gasteiger partial charge in [-0.15, -0.1) is 0 Å². The number of hydrogen-bond donors (Lipinski definition) is 3. The van der Waals surface area contributed by atoms with Gasteiger partial charge in [0.1, 0.15) is 12.1 Å². The molecule has 0 aliphatic heterocycles. The molecule has 0 heterocycles. The van der Waals surface area contributed by atoms with Crippen LogP contribution in [-0.2, 0) is 16.0 Å². The molecule has 0 aromatic heterocycles. The van der Waals surface area contributed by atoms with Crippen LogP contribution in [0.1, 0.15) is 25.8 Å². The summed E-state index contributed by atoms with van der Waals surface area (Å²) in [6, 6.07) is 3.62. The molecule has 0 aliphatic carbocycles. The molecule has 1 amide bonds. The molecule has 7 heteroatoms. The molecular weight excluding hydrogens is 329 g/mol. The van der Waals surface area contributed by atoms with Gasteiger partial charge in [0.25, 0.3) is 0 Å². The number of hydrogen-bond acceptors (Lipinski definition) is 3. The second-order valence-electron chi connectivity index (χ2n) is 5.45. The van der Waals surface area contributed by atoms with Gasteiger partial charge in [0.05, 0.1) is 0 Å². The molecule has 5 nitrogen and oxygen atoms in total. The van der Waals surface area contributed by atoms with Gasteiger partial charge in [-0.1, -0.05) is 43.1 Å². The Kier molecular flexibility index (Phi) is 7.13. The summed E-state index contributed by atoms with van der Waals surface area (Å²) in [6.45, 7) is 3.71. The highest BCUT2D eigenvalue weighted by atomic mass is 35.5. The molecule has 0 spiro atoms. The van der Waals surface area contributed by atoms with Crippen molar-refractivity contribution in [2.45, 2.75) is 38.8 Å². The highest BCUT2D eigenvalue weighted by molar-refractivity contribution is 6.36. The van der Waals surface area contributed by atoms with Crippen LogP contribution in [-0.4, -0.2) is 34.2 Å². The van der Waals surface area contributed by atoms with E-state index in [1.807, 2.05) is 13.8 Å². The second-order valence-corrected chi connectivity index (χ2v) is 6.26. The highest BCUT2D eigenvalue weighted by Crippen LogP contribution is 2.25. The van der Waals surface area contributed by atoms with Gasteiger partial charge in [0.2, 0.25) is 5.91 Å². The van der Waals surface area contributed by atoms with Crippen molar-refractivity contribution in [3.63, 3.8) is 0 Å². The van der Waals surface area contributed by atoms with E-state index in [1.165, 1.54) is 0 Å². The summed E-state index contributed by atoms with van der Waals surface area (Å²) < 4.78 is 0. The van der Waals surface area contributed by atoms with Crippen molar-refractivity contribution in [3.05, 3.63) is 33.8 Å². The zero-order valence-electron chi connectivity index (χ0n) is 12.3. The molecule has 0 saturated heterocycles. The first-order valence-corrected chi connectivity index (χ1v) is 7.62. The van der Waals surface area contributed by atoms with Gasteiger partial charge in [0.15, 0.2) is 0 Å². The standard InChI is InChI=1S/C15H19Cl2NO4/c1-8(2)6-13(19)14(20)18-12(15(21)22)7-9-10(16)4-3-5-11(9)17/h3-5,8,12-13,19H,6-7H2,1-2H3,(H,18,20)(H,21,22)/t12-,13-/m1/s1. The summed E-state index contributed by atoms with van der Waals surface area (Å²) in [5.41, 5.74) is 0.442. The van der Waals surface area contributed by atoms with Crippen molar-refractivity contribution < 1.29 is 19.8 Å². The van der Waals surface area contributed by atoms with Crippen LogP contribution in [0.3, 0.4) is 0 Å². The van der Waals surface area contributed by atoms with Crippen LogP contribution in [0.25, 0.3) is 0 Å². The number of carbonyl (C=O) groups is 2. The van der Waals surface area contributed by atoms with Gasteiger partial charge in [-0.25, -0.2) is 4.79 Å². The average molecular weight is 348 g/mol. The van der Waals surface area contributed by atoms with E-state index in [2.05, 4.69) is 5.32 Å². The second kappa shape index (κ2) is 8.36. The fourth-order valence-electron chi connectivity index (χ4n) is 1.95. The van der Waals surface area contributed by atoms with E-state index in [-0.39, 0.29) is 18.8 Å². The van der Waals surface area contributed by atoms with Gasteiger partial charge in [-0.3, -0.25) is 4.79 Å². The predicted octanol–water partition coefficient (Wildman–Crippen LogP) is 2.51. The van der Waals surface area contributed by atoms with Crippen LogP contribution in [0.4, 0.5) is 0 Å². The summed E-state index contributed by atoms with van der Waals surface area (Å²) in [4.78, 5) is 23.2. The molecule has 0 radical (unpaired) electrons. The van der Waals surface area contributed by atoms with Crippen LogP contribution >= 0.6 is 23.2 Å². The van der Waals surface area contributed by atoms with Crippen molar-refractivity contribution in [1.82, 2.24) is 5.32 Å². The van der Waals surface area contributed by atoms with Gasteiger partial charge >= 0.3 is 5.97 Å². The van der Waals surface area contributed by atoms with Gasteiger partial charge in [0, 0.05) is 16.5 Å². The first kappa shape index (κ1) is 18.7. The number of nitrogens with one attached hydrogen (secondary N) is 1. The molecule has 122 valence electrons. The number of carboxylic acid groups (broad SMARTS) is 1. The monoisotopic (exact) mass is 347 g/mol. The maximum absolute atomic E-state index is 11.9. The third-order valence-corrected chi connectivity index (χ3v) is 3.79. The SMILES string of the molecule is CC(C)C[C@@H](O)C(=O)N[C@H](Cc1c(Cl)cccc1Cl)C(=O)O. The van der Waals surface area contributed by atoms with E-state index < -0.39 is 24.0 Å². The van der Waals surface area contributed by atoms with Crippen molar-refractivity contribution in [2.75, 3.05) is 0 Å². The minimum Gasteiger partial charge on any atom is -0.480 e. The van der Waals surface area contributed by atoms with Crippen molar-refractivity contribution in [2.24, 2.45) is 5.92 Å². The highest BCUT2D eigenvalue weighted by Gasteiger charge is 2.26. The molecule has 1 aromatic carbocycles. The number of aliphatic hydroxyl groups excluding tert-OH is 1. The minimum atomic E-state index is -1.25. The van der Waals surface area contributed by atoms with E-state index in [0.29, 0.717) is 15.6 Å². The smallest absolute Gasteiger partial charge is 0.326 e. The van der Waals surface area contributed by atoms with Crippen molar-refractivity contribution in [1.29, 1.82) is 0 Å². The van der Waals surface area contributed by atoms with E-state index in [9.17, 15) is 19.8 Å². The predicted molar refractivity (Wildman–Crippen MR) is 85.2 cm³/mol. The molecule has 0 bridgehead atoms. The van der Waals surface area contributed by atoms with Crippen LogP contribution < -0.4 is 5.32 Å². The molecule has 0 aliphatic rings. The minimum absolute atomic E-state index is 0.0615. The number of rotatable bonds is 7. The van der Waals surface area contributed by atoms with E-state index in [1.54, 1.807) is 18.2 Å². The van der Waals surface area contributed by atoms with Gasteiger partial charge in [-0.2, -0.15) is 0 Å². The summed E-state index contributed by atoms with van der Waals surface area (Å²) in [6.07, 6.45) is -1.05. The topological polar surface area (TPSA) is 86.6 Å². The molecule has 22 heavy (non-hydrogen) atoms. The molecule has 3 N–H and O–H groups in total. The third-order valence-electron chi connectivity index (χ3n) is 3.08. The van der Waals surface area contributed by atoms with E-state index >= 15 is 0 Å². The average Bonchev–Trinajstić information content (AvgIpc) is 2.40. The van der Waals surface area contributed by atoms with Crippen LogP contribution in [0.15, 0.2) is 18.2 Å². The van der Waals surface area contributed by atoms with Gasteiger partial charge < -0.3 is 15.5 Å². The molecule has 0 saturated carbocycles. The summed E-state index contributed by atoms with van der Waals surface area (Å²) in [5, 5.41) is 22.0. The summed E-state index contributed by atoms with van der Waals surface area (Å²) in [5.74, 6) is -1.83. The Morgan fingerprint density at radius 3 is 2.23 bits per heavy atom. The Bertz CT molecular complexity index is 528. The number of aliphatic carboxylic acids is 1. The van der Waals surface area contributed by atoms with Crippen LogP contribution in [0.5, 0.6) is 0 Å². The van der Waals surface area contributed by atoms with Crippen LogP contribution in [0.2, 0.25) is 10.0 Å². The Morgan fingerprint density at radius 1 is 1.23 bits per heavy atom. The number of halogens is 2. The molecule has 2 atom stereocenters. The largest absolute Gasteiger partial charge is 0.480 e. The lowest BCUT2D eigenvalue weighted by Crippen LogP contribution is -2.47. The van der Waals surface area contributed by atoms with E-state index in [0.717, 1.165) is 0 Å². The Morgan fingerprint density at radius 2 is 1.77 bits per heavy atom. The Hall–Kier alpha value is -1.30. The zero-order valence-corrected chi connectivity index (χ0v) is 13.9. The molecule has 0 unspecified atom stereocenters. The van der Waals surface area contributed by atoms with Crippen molar-refractivity contribution >= 4 is 35.1 Å². The number of benzene rings is 1. The first-order valence-electron chi connectivity index (χ1n) is 6.86. The molecule has 0 fully saturated rings.